The third-order valence-corrected chi connectivity index (χ3v) is 2.80. The van der Waals surface area contributed by atoms with Gasteiger partial charge in [-0.15, -0.1) is 5.10 Å². The molecule has 3 aromatic rings. The first kappa shape index (κ1) is 12.2. The van der Waals surface area contributed by atoms with Crippen LogP contribution in [-0.4, -0.2) is 20.6 Å². The number of anilines is 1. The maximum atomic E-state index is 12.1. The molecule has 2 aromatic heterocycles. The third-order valence-electron chi connectivity index (χ3n) is 2.80. The molecular weight excluding hydrogens is 256 g/mol. The molecule has 0 aliphatic rings. The summed E-state index contributed by atoms with van der Waals surface area (Å²) in [6.07, 6.45) is 0. The van der Waals surface area contributed by atoms with Gasteiger partial charge in [-0.2, -0.15) is 4.98 Å². The highest BCUT2D eigenvalue weighted by atomic mass is 16.5. The summed E-state index contributed by atoms with van der Waals surface area (Å²) < 4.78 is 6.64. The summed E-state index contributed by atoms with van der Waals surface area (Å²) in [5, 5.41) is 3.97. The molecule has 1 aromatic carbocycles. The molecule has 3 rings (SSSR count). The average molecular weight is 268 g/mol. The van der Waals surface area contributed by atoms with Crippen molar-refractivity contribution in [3.63, 3.8) is 0 Å². The molecule has 0 unspecified atom stereocenters. The van der Waals surface area contributed by atoms with Crippen LogP contribution in [0.3, 0.4) is 0 Å². The molecule has 6 heteroatoms. The first-order valence-electron chi connectivity index (χ1n) is 6.06. The van der Waals surface area contributed by atoms with Crippen LogP contribution in [0, 0.1) is 0 Å². The van der Waals surface area contributed by atoms with Crippen molar-refractivity contribution in [1.29, 1.82) is 0 Å². The van der Waals surface area contributed by atoms with E-state index in [2.05, 4.69) is 10.1 Å². The van der Waals surface area contributed by atoms with E-state index in [1.54, 1.807) is 18.2 Å². The Kier molecular flexibility index (Phi) is 3.04. The van der Waals surface area contributed by atoms with Crippen LogP contribution >= 0.6 is 0 Å². The smallest absolute Gasteiger partial charge is 0.357 e. The number of nitrogens with zero attached hydrogens (tertiary/aromatic N) is 3. The quantitative estimate of drug-likeness (QED) is 0.730. The highest BCUT2D eigenvalue weighted by Gasteiger charge is 2.13. The van der Waals surface area contributed by atoms with Crippen LogP contribution in [0.2, 0.25) is 0 Å². The number of hydrogen-bond acceptors (Lipinski definition) is 5. The fourth-order valence-electron chi connectivity index (χ4n) is 1.87. The molecule has 0 aliphatic heterocycles. The fourth-order valence-corrected chi connectivity index (χ4v) is 1.87. The molecular formula is C14H12N4O2. The molecule has 0 bridgehead atoms. The highest BCUT2D eigenvalue weighted by molar-refractivity contribution is 5.88. The monoisotopic (exact) mass is 268 g/mol. The molecule has 2 N–H and O–H groups in total. The van der Waals surface area contributed by atoms with Gasteiger partial charge in [0.2, 0.25) is 5.95 Å². The second-order valence-electron chi connectivity index (χ2n) is 4.21. The zero-order valence-corrected chi connectivity index (χ0v) is 10.6. The van der Waals surface area contributed by atoms with Crippen LogP contribution < -0.4 is 5.73 Å². The van der Waals surface area contributed by atoms with E-state index < -0.39 is 5.97 Å². The predicted octanol–water partition coefficient (Wildman–Crippen LogP) is 1.67. The van der Waals surface area contributed by atoms with Crippen molar-refractivity contribution >= 4 is 17.6 Å². The Balaban J connectivity index is 1.82. The van der Waals surface area contributed by atoms with Gasteiger partial charge in [-0.25, -0.2) is 9.31 Å². The molecule has 100 valence electrons. The first-order valence-corrected chi connectivity index (χ1v) is 6.06. The lowest BCUT2D eigenvalue weighted by atomic mass is 10.2. The van der Waals surface area contributed by atoms with Crippen molar-refractivity contribution in [3.05, 3.63) is 59.8 Å². The number of aromatic nitrogens is 3. The lowest BCUT2D eigenvalue weighted by molar-refractivity contribution is 0.0462. The van der Waals surface area contributed by atoms with Crippen molar-refractivity contribution < 1.29 is 9.53 Å². The highest BCUT2D eigenvalue weighted by Crippen LogP contribution is 2.09. The zero-order chi connectivity index (χ0) is 13.9. The zero-order valence-electron chi connectivity index (χ0n) is 10.6. The Morgan fingerprint density at radius 2 is 1.95 bits per heavy atom. The van der Waals surface area contributed by atoms with E-state index in [1.807, 2.05) is 30.3 Å². The van der Waals surface area contributed by atoms with Gasteiger partial charge >= 0.3 is 5.97 Å². The van der Waals surface area contributed by atoms with Crippen LogP contribution in [0.25, 0.3) is 5.65 Å². The van der Waals surface area contributed by atoms with E-state index >= 15 is 0 Å². The van der Waals surface area contributed by atoms with E-state index in [0.717, 1.165) is 5.56 Å². The number of fused-ring (bicyclic) bond motifs is 1. The lowest BCUT2D eigenvalue weighted by Crippen LogP contribution is -2.11. The summed E-state index contributed by atoms with van der Waals surface area (Å²) in [7, 11) is 0. The van der Waals surface area contributed by atoms with Gasteiger partial charge in [-0.05, 0) is 17.7 Å². The average Bonchev–Trinajstić information content (AvgIpc) is 2.85. The number of esters is 1. The van der Waals surface area contributed by atoms with Crippen LogP contribution in [0.5, 0.6) is 0 Å². The normalized spacial score (nSPS) is 10.6. The van der Waals surface area contributed by atoms with Gasteiger partial charge in [-0.3, -0.25) is 0 Å². The van der Waals surface area contributed by atoms with E-state index in [-0.39, 0.29) is 12.6 Å². The Hall–Kier alpha value is -2.89. The number of benzene rings is 1. The molecule has 0 saturated carbocycles. The van der Waals surface area contributed by atoms with Crippen molar-refractivity contribution in [1.82, 2.24) is 14.6 Å². The van der Waals surface area contributed by atoms with E-state index in [0.29, 0.717) is 11.3 Å². The maximum absolute atomic E-state index is 12.1. The summed E-state index contributed by atoms with van der Waals surface area (Å²) in [5.41, 5.74) is 7.26. The number of nitrogen functional groups attached to an aromatic ring is 1. The van der Waals surface area contributed by atoms with Crippen LogP contribution in [0.15, 0.2) is 48.5 Å². The van der Waals surface area contributed by atoms with Crippen molar-refractivity contribution in [2.24, 2.45) is 0 Å². The van der Waals surface area contributed by atoms with Crippen LogP contribution in [0.1, 0.15) is 16.1 Å². The number of carbonyl (C=O) groups excluding carboxylic acids is 1. The minimum absolute atomic E-state index is 0.119. The Labute approximate surface area is 114 Å². The summed E-state index contributed by atoms with van der Waals surface area (Å²) >= 11 is 0. The summed E-state index contributed by atoms with van der Waals surface area (Å²) in [4.78, 5) is 16.1. The fraction of sp³-hybridized carbons (Fsp3) is 0.0714. The molecule has 0 atom stereocenters. The molecule has 0 saturated heterocycles. The van der Waals surface area contributed by atoms with Crippen molar-refractivity contribution in [3.8, 4) is 0 Å². The van der Waals surface area contributed by atoms with E-state index in [4.69, 9.17) is 10.5 Å². The Morgan fingerprint density at radius 1 is 1.15 bits per heavy atom. The molecule has 0 fully saturated rings. The van der Waals surface area contributed by atoms with Gasteiger partial charge in [0.15, 0.2) is 11.3 Å². The molecule has 0 amide bonds. The molecule has 0 spiro atoms. The van der Waals surface area contributed by atoms with Gasteiger partial charge in [0.1, 0.15) is 6.61 Å². The van der Waals surface area contributed by atoms with Crippen molar-refractivity contribution in [2.75, 3.05) is 5.73 Å². The van der Waals surface area contributed by atoms with Gasteiger partial charge in [0.25, 0.3) is 0 Å². The third kappa shape index (κ3) is 2.31. The van der Waals surface area contributed by atoms with Gasteiger partial charge in [0.05, 0.1) is 0 Å². The van der Waals surface area contributed by atoms with E-state index in [9.17, 15) is 4.79 Å². The molecule has 0 aliphatic carbocycles. The SMILES string of the molecule is Nc1nc2cccc(C(=O)OCc3ccccc3)n2n1. The number of pyridine rings is 1. The van der Waals surface area contributed by atoms with Crippen LogP contribution in [0.4, 0.5) is 5.95 Å². The lowest BCUT2D eigenvalue weighted by Gasteiger charge is -2.05. The Bertz CT molecular complexity index is 752. The van der Waals surface area contributed by atoms with E-state index in [1.165, 1.54) is 4.52 Å². The standard InChI is InChI=1S/C14H12N4O2/c15-14-16-12-8-4-7-11(18(12)17-14)13(19)20-9-10-5-2-1-3-6-10/h1-8H,9H2,(H2,15,17). The van der Waals surface area contributed by atoms with Crippen LogP contribution in [-0.2, 0) is 11.3 Å². The summed E-state index contributed by atoms with van der Waals surface area (Å²) in [6, 6.07) is 14.5. The van der Waals surface area contributed by atoms with Gasteiger partial charge < -0.3 is 10.5 Å². The molecule has 20 heavy (non-hydrogen) atoms. The maximum Gasteiger partial charge on any atom is 0.357 e. The summed E-state index contributed by atoms with van der Waals surface area (Å²) in [6.45, 7) is 0.209. The number of ether oxygens (including phenoxy) is 1. The molecule has 2 heterocycles. The summed E-state index contributed by atoms with van der Waals surface area (Å²) in [5.74, 6) is -0.349. The van der Waals surface area contributed by atoms with Gasteiger partial charge in [0, 0.05) is 0 Å². The number of nitrogens with two attached hydrogens (primary N) is 1. The minimum atomic E-state index is -0.468. The number of carbonyl (C=O) groups is 1. The van der Waals surface area contributed by atoms with Gasteiger partial charge in [-0.1, -0.05) is 36.4 Å². The Morgan fingerprint density at radius 3 is 2.75 bits per heavy atom. The molecule has 6 nitrogen and oxygen atoms in total. The minimum Gasteiger partial charge on any atom is -0.456 e. The second kappa shape index (κ2) is 5.00. The second-order valence-corrected chi connectivity index (χ2v) is 4.21. The van der Waals surface area contributed by atoms with Crippen molar-refractivity contribution in [2.45, 2.75) is 6.61 Å². The number of rotatable bonds is 3. The molecule has 0 radical (unpaired) electrons. The predicted molar refractivity (Wildman–Crippen MR) is 73.0 cm³/mol. The topological polar surface area (TPSA) is 82.5 Å². The number of hydrogen-bond donors (Lipinski definition) is 1. The first-order chi connectivity index (χ1) is 9.74. The largest absolute Gasteiger partial charge is 0.456 e.